The van der Waals surface area contributed by atoms with Crippen molar-refractivity contribution in [2.24, 2.45) is 0 Å². The number of nitrogens with zero attached hydrogens (tertiary/aromatic N) is 1. The van der Waals surface area contributed by atoms with E-state index in [4.69, 9.17) is 23.2 Å². The Hall–Kier alpha value is -2.89. The molecule has 140 valence electrons. The number of fused-ring (bicyclic) bond motifs is 1. The number of hydrogen-bond acceptors (Lipinski definition) is 3. The van der Waals surface area contributed by atoms with Crippen LogP contribution in [0.25, 0.3) is 10.9 Å². The van der Waals surface area contributed by atoms with Crippen molar-refractivity contribution in [3.63, 3.8) is 0 Å². The number of benzene rings is 3. The predicted octanol–water partition coefficient (Wildman–Crippen LogP) is 7.31. The van der Waals surface area contributed by atoms with Gasteiger partial charge in [-0.2, -0.15) is 0 Å². The summed E-state index contributed by atoms with van der Waals surface area (Å²) >= 11 is 12.0. The maximum Gasteiger partial charge on any atom is 0.149 e. The molecule has 28 heavy (non-hydrogen) atoms. The van der Waals surface area contributed by atoms with Crippen LogP contribution in [0.3, 0.4) is 0 Å². The van der Waals surface area contributed by atoms with Crippen LogP contribution in [0.2, 0.25) is 10.0 Å². The van der Waals surface area contributed by atoms with Gasteiger partial charge < -0.3 is 10.6 Å². The minimum Gasteiger partial charge on any atom is -0.355 e. The number of hydrogen-bond donors (Lipinski definition) is 2. The number of para-hydroxylation sites is 2. The largest absolute Gasteiger partial charge is 0.355 e. The van der Waals surface area contributed by atoms with Gasteiger partial charge in [0.25, 0.3) is 0 Å². The average molecular weight is 416 g/mol. The molecule has 0 aliphatic heterocycles. The molecule has 0 aliphatic rings. The summed E-state index contributed by atoms with van der Waals surface area (Å²) in [6, 6.07) is 17.6. The van der Waals surface area contributed by atoms with E-state index < -0.39 is 11.6 Å². The fraction of sp³-hybridized carbons (Fsp3) is 0. The molecule has 0 fully saturated rings. The van der Waals surface area contributed by atoms with Crippen LogP contribution < -0.4 is 10.6 Å². The third kappa shape index (κ3) is 3.72. The van der Waals surface area contributed by atoms with Gasteiger partial charge in [-0.3, -0.25) is 0 Å². The summed E-state index contributed by atoms with van der Waals surface area (Å²) in [7, 11) is 0. The molecule has 0 atom stereocenters. The van der Waals surface area contributed by atoms with Gasteiger partial charge >= 0.3 is 0 Å². The molecule has 0 saturated carbocycles. The first-order valence-electron chi connectivity index (χ1n) is 8.34. The fourth-order valence-corrected chi connectivity index (χ4v) is 3.11. The molecule has 4 rings (SSSR count). The number of anilines is 4. The Labute approximate surface area is 169 Å². The first-order chi connectivity index (χ1) is 13.5. The SMILES string of the molecule is Fc1ccccc1Nc1cc(Nc2ccc(Cl)c(Cl)c2)c2cccc(F)c2n1. The van der Waals surface area contributed by atoms with Gasteiger partial charge in [-0.05, 0) is 36.4 Å². The third-order valence-electron chi connectivity index (χ3n) is 4.13. The number of rotatable bonds is 4. The molecule has 2 N–H and O–H groups in total. The van der Waals surface area contributed by atoms with E-state index in [1.54, 1.807) is 54.6 Å². The summed E-state index contributed by atoms with van der Waals surface area (Å²) in [4.78, 5) is 4.31. The van der Waals surface area contributed by atoms with Crippen LogP contribution in [0, 0.1) is 11.6 Å². The molecule has 3 nitrogen and oxygen atoms in total. The summed E-state index contributed by atoms with van der Waals surface area (Å²) in [6.45, 7) is 0. The van der Waals surface area contributed by atoms with Gasteiger partial charge in [-0.1, -0.05) is 47.5 Å². The summed E-state index contributed by atoms with van der Waals surface area (Å²) in [5.74, 6) is -0.617. The molecule has 0 aliphatic carbocycles. The Balaban J connectivity index is 1.80. The first-order valence-corrected chi connectivity index (χ1v) is 9.10. The van der Waals surface area contributed by atoms with Crippen LogP contribution in [0.5, 0.6) is 0 Å². The van der Waals surface area contributed by atoms with Crippen molar-refractivity contribution in [1.82, 2.24) is 4.98 Å². The second-order valence-electron chi connectivity index (χ2n) is 6.05. The van der Waals surface area contributed by atoms with Crippen molar-refractivity contribution in [3.8, 4) is 0 Å². The molecule has 4 aromatic rings. The first kappa shape index (κ1) is 18.5. The molecular weight excluding hydrogens is 403 g/mol. The van der Waals surface area contributed by atoms with Crippen molar-refractivity contribution >= 4 is 57.0 Å². The van der Waals surface area contributed by atoms with Gasteiger partial charge in [0.2, 0.25) is 0 Å². The number of aromatic nitrogens is 1. The molecule has 1 aromatic heterocycles. The second kappa shape index (κ2) is 7.62. The molecule has 0 radical (unpaired) electrons. The van der Waals surface area contributed by atoms with Crippen molar-refractivity contribution in [2.45, 2.75) is 0 Å². The zero-order valence-corrected chi connectivity index (χ0v) is 15.8. The fourth-order valence-electron chi connectivity index (χ4n) is 2.81. The maximum absolute atomic E-state index is 14.4. The van der Waals surface area contributed by atoms with Gasteiger partial charge in [-0.15, -0.1) is 0 Å². The zero-order valence-electron chi connectivity index (χ0n) is 14.3. The van der Waals surface area contributed by atoms with Gasteiger partial charge in [0.05, 0.1) is 21.4 Å². The lowest BCUT2D eigenvalue weighted by atomic mass is 10.1. The van der Waals surface area contributed by atoms with E-state index >= 15 is 0 Å². The van der Waals surface area contributed by atoms with Gasteiger partial charge in [0.15, 0.2) is 0 Å². The highest BCUT2D eigenvalue weighted by molar-refractivity contribution is 6.42. The van der Waals surface area contributed by atoms with E-state index in [1.807, 2.05) is 0 Å². The summed E-state index contributed by atoms with van der Waals surface area (Å²) in [6.07, 6.45) is 0. The average Bonchev–Trinajstić information content (AvgIpc) is 2.67. The Morgan fingerprint density at radius 3 is 2.29 bits per heavy atom. The summed E-state index contributed by atoms with van der Waals surface area (Å²) in [5, 5.41) is 7.49. The van der Waals surface area contributed by atoms with Crippen molar-refractivity contribution in [2.75, 3.05) is 10.6 Å². The Morgan fingerprint density at radius 2 is 1.50 bits per heavy atom. The molecule has 1 heterocycles. The number of pyridine rings is 1. The van der Waals surface area contributed by atoms with Crippen LogP contribution in [-0.2, 0) is 0 Å². The molecule has 0 spiro atoms. The van der Waals surface area contributed by atoms with Crippen LogP contribution in [-0.4, -0.2) is 4.98 Å². The topological polar surface area (TPSA) is 37.0 Å². The molecule has 0 saturated heterocycles. The van der Waals surface area contributed by atoms with E-state index in [0.29, 0.717) is 32.6 Å². The monoisotopic (exact) mass is 415 g/mol. The van der Waals surface area contributed by atoms with Crippen molar-refractivity contribution in [3.05, 3.63) is 88.4 Å². The van der Waals surface area contributed by atoms with Crippen LogP contribution in [0.1, 0.15) is 0 Å². The molecular formula is C21H13Cl2F2N3. The van der Waals surface area contributed by atoms with E-state index in [9.17, 15) is 8.78 Å². The zero-order chi connectivity index (χ0) is 19.7. The van der Waals surface area contributed by atoms with E-state index in [0.717, 1.165) is 0 Å². The lowest BCUT2D eigenvalue weighted by molar-refractivity contribution is 0.631. The van der Waals surface area contributed by atoms with Gasteiger partial charge in [0, 0.05) is 17.1 Å². The van der Waals surface area contributed by atoms with Crippen molar-refractivity contribution in [1.29, 1.82) is 0 Å². The predicted molar refractivity (Wildman–Crippen MR) is 111 cm³/mol. The van der Waals surface area contributed by atoms with Crippen molar-refractivity contribution < 1.29 is 8.78 Å². The quantitative estimate of drug-likeness (QED) is 0.366. The lowest BCUT2D eigenvalue weighted by Crippen LogP contribution is -2.00. The molecule has 0 bridgehead atoms. The summed E-state index contributed by atoms with van der Waals surface area (Å²) < 4.78 is 28.4. The lowest BCUT2D eigenvalue weighted by Gasteiger charge is -2.14. The maximum atomic E-state index is 14.4. The molecule has 0 amide bonds. The summed E-state index contributed by atoms with van der Waals surface area (Å²) in [5.41, 5.74) is 1.65. The normalized spacial score (nSPS) is 10.9. The van der Waals surface area contributed by atoms with E-state index in [1.165, 1.54) is 12.1 Å². The van der Waals surface area contributed by atoms with Gasteiger partial charge in [0.1, 0.15) is 23.0 Å². The highest BCUT2D eigenvalue weighted by atomic mass is 35.5. The Kier molecular flexibility index (Phi) is 5.03. The van der Waals surface area contributed by atoms with Gasteiger partial charge in [-0.25, -0.2) is 13.8 Å². The number of nitrogens with one attached hydrogen (secondary N) is 2. The van der Waals surface area contributed by atoms with Crippen LogP contribution in [0.4, 0.5) is 31.7 Å². The minimum absolute atomic E-state index is 0.159. The molecule has 7 heteroatoms. The van der Waals surface area contributed by atoms with E-state index in [-0.39, 0.29) is 11.2 Å². The minimum atomic E-state index is -0.480. The smallest absolute Gasteiger partial charge is 0.149 e. The Morgan fingerprint density at radius 1 is 0.714 bits per heavy atom. The standard InChI is InChI=1S/C21H13Cl2F2N3/c22-14-9-8-12(10-15(14)23)26-19-11-20(27-18-7-2-1-5-16(18)24)28-21-13(19)4-3-6-17(21)25/h1-11H,(H2,26,27,28). The highest BCUT2D eigenvalue weighted by Gasteiger charge is 2.12. The van der Waals surface area contributed by atoms with Crippen LogP contribution in [0.15, 0.2) is 66.7 Å². The highest BCUT2D eigenvalue weighted by Crippen LogP contribution is 2.33. The second-order valence-corrected chi connectivity index (χ2v) is 6.86. The Bertz CT molecular complexity index is 1180. The van der Waals surface area contributed by atoms with E-state index in [2.05, 4.69) is 15.6 Å². The number of halogens is 4. The third-order valence-corrected chi connectivity index (χ3v) is 4.86. The molecule has 0 unspecified atom stereocenters. The van der Waals surface area contributed by atoms with Crippen LogP contribution >= 0.6 is 23.2 Å². The molecule has 3 aromatic carbocycles.